The van der Waals surface area contributed by atoms with Crippen molar-refractivity contribution in [1.82, 2.24) is 15.0 Å². The van der Waals surface area contributed by atoms with Crippen molar-refractivity contribution in [3.05, 3.63) is 42.6 Å². The molecule has 4 nitrogen and oxygen atoms in total. The molecular weight excluding hydrogens is 419 g/mol. The Hall–Kier alpha value is -1.67. The number of hydrogen-bond donors (Lipinski definition) is 0. The molecule has 1 aromatic carbocycles. The van der Waals surface area contributed by atoms with Crippen LogP contribution in [0.2, 0.25) is 0 Å². The zero-order valence-electron chi connectivity index (χ0n) is 10.6. The molecule has 0 saturated carbocycles. The van der Waals surface area contributed by atoms with Gasteiger partial charge in [-0.15, -0.1) is 0 Å². The fraction of sp³-hybridized carbons (Fsp3) is 0.143. The van der Waals surface area contributed by atoms with Gasteiger partial charge in [0.15, 0.2) is 0 Å². The molecule has 100 valence electrons. The zero-order chi connectivity index (χ0) is 12.5. The van der Waals surface area contributed by atoms with Crippen molar-refractivity contribution in [2.75, 3.05) is 19.0 Å². The van der Waals surface area contributed by atoms with Crippen LogP contribution in [0.25, 0.3) is 22.6 Å². The van der Waals surface area contributed by atoms with Gasteiger partial charge in [-0.05, 0) is 29.0 Å². The summed E-state index contributed by atoms with van der Waals surface area (Å²) >= 11 is 0. The minimum atomic E-state index is 0. The van der Waals surface area contributed by atoms with Crippen molar-refractivity contribution < 1.29 is 21.1 Å². The molecule has 0 spiro atoms. The minimum Gasteiger partial charge on any atom is -0.434 e. The number of fused-ring (bicyclic) bond motifs is 1. The Bertz CT molecular complexity index is 657. The van der Waals surface area contributed by atoms with Gasteiger partial charge in [0.25, 0.3) is 0 Å². The number of hydrogen-bond acceptors (Lipinski definition) is 3. The van der Waals surface area contributed by atoms with Crippen molar-refractivity contribution in [3.63, 3.8) is 0 Å². The molecule has 0 aliphatic rings. The van der Waals surface area contributed by atoms with E-state index in [0.29, 0.717) is 5.82 Å². The van der Waals surface area contributed by atoms with E-state index in [9.17, 15) is 0 Å². The Morgan fingerprint density at radius 3 is 2.63 bits per heavy atom. The van der Waals surface area contributed by atoms with Crippen LogP contribution in [-0.4, -0.2) is 24.1 Å². The Morgan fingerprint density at radius 1 is 1.11 bits per heavy atom. The topological polar surface area (TPSA) is 43.1 Å². The van der Waals surface area contributed by atoms with Crippen LogP contribution in [0, 0.1) is 0 Å². The number of benzene rings is 1. The number of anilines is 1. The molecule has 5 heteroatoms. The Labute approximate surface area is 126 Å². The number of imidazole rings is 1. The fourth-order valence-electron chi connectivity index (χ4n) is 1.84. The molecule has 3 aromatic rings. The molecule has 0 saturated heterocycles. The quantitative estimate of drug-likeness (QED) is 0.624. The van der Waals surface area contributed by atoms with Crippen molar-refractivity contribution in [1.29, 1.82) is 0 Å². The van der Waals surface area contributed by atoms with Crippen LogP contribution in [-0.2, 0) is 21.1 Å². The molecule has 0 amide bonds. The van der Waals surface area contributed by atoms with Gasteiger partial charge >= 0.3 is 0 Å². The second-order valence-electron chi connectivity index (χ2n) is 4.33. The average Bonchev–Trinajstić information content (AvgIpc) is 2.82. The maximum atomic E-state index is 4.49. The van der Waals surface area contributed by atoms with Crippen LogP contribution in [0.4, 0.5) is 5.69 Å². The van der Waals surface area contributed by atoms with Gasteiger partial charge in [0.05, 0.1) is 5.69 Å². The monoisotopic (exact) mass is 432 g/mol. The second kappa shape index (κ2) is 5.53. The Kier molecular flexibility index (Phi) is 4.01. The standard InChI is InChI=1S/C14H13N4.Pt/c1-18(2)10-7-8-15-13(9-10)14-16-11-5-3-4-6-12(11)17-14;/h3-9H,1-2H3;/q-1;. The first-order chi connectivity index (χ1) is 8.74. The van der Waals surface area contributed by atoms with Crippen LogP contribution in [0.5, 0.6) is 0 Å². The Morgan fingerprint density at radius 2 is 1.89 bits per heavy atom. The molecule has 19 heavy (non-hydrogen) atoms. The van der Waals surface area contributed by atoms with E-state index in [1.807, 2.05) is 55.4 Å². The van der Waals surface area contributed by atoms with E-state index >= 15 is 0 Å². The molecule has 0 fully saturated rings. The molecule has 2 aromatic heterocycles. The summed E-state index contributed by atoms with van der Waals surface area (Å²) in [5.41, 5.74) is 3.71. The molecule has 2 heterocycles. The summed E-state index contributed by atoms with van der Waals surface area (Å²) in [6.07, 6.45) is 1.78. The van der Waals surface area contributed by atoms with Gasteiger partial charge in [-0.1, -0.05) is 24.3 Å². The summed E-state index contributed by atoms with van der Waals surface area (Å²) in [5, 5.41) is 0. The van der Waals surface area contributed by atoms with E-state index in [0.717, 1.165) is 22.4 Å². The van der Waals surface area contributed by atoms with Gasteiger partial charge in [0.2, 0.25) is 0 Å². The number of pyridine rings is 1. The number of nitrogens with zero attached hydrogens (tertiary/aromatic N) is 4. The molecule has 0 bridgehead atoms. The van der Waals surface area contributed by atoms with E-state index in [4.69, 9.17) is 0 Å². The van der Waals surface area contributed by atoms with Crippen molar-refractivity contribution in [2.24, 2.45) is 0 Å². The van der Waals surface area contributed by atoms with E-state index < -0.39 is 0 Å². The van der Waals surface area contributed by atoms with Gasteiger partial charge in [-0.3, -0.25) is 4.98 Å². The summed E-state index contributed by atoms with van der Waals surface area (Å²) in [7, 11) is 4.00. The number of rotatable bonds is 2. The third-order valence-electron chi connectivity index (χ3n) is 2.82. The van der Waals surface area contributed by atoms with E-state index in [1.165, 1.54) is 0 Å². The number of para-hydroxylation sites is 2. The summed E-state index contributed by atoms with van der Waals surface area (Å²) in [5.74, 6) is 0.680. The van der Waals surface area contributed by atoms with Gasteiger partial charge in [0.1, 0.15) is 0 Å². The zero-order valence-corrected chi connectivity index (χ0v) is 12.9. The van der Waals surface area contributed by atoms with Gasteiger partial charge < -0.3 is 14.9 Å². The normalized spacial score (nSPS) is 10.2. The molecule has 0 aliphatic carbocycles. The second-order valence-corrected chi connectivity index (χ2v) is 4.33. The smallest absolute Gasteiger partial charge is 0.0641 e. The first-order valence-corrected chi connectivity index (χ1v) is 5.77. The van der Waals surface area contributed by atoms with Crippen LogP contribution in [0.15, 0.2) is 42.6 Å². The van der Waals surface area contributed by atoms with Crippen LogP contribution >= 0.6 is 0 Å². The average molecular weight is 432 g/mol. The molecule has 0 unspecified atom stereocenters. The van der Waals surface area contributed by atoms with E-state index in [1.54, 1.807) is 6.20 Å². The van der Waals surface area contributed by atoms with Crippen molar-refractivity contribution >= 4 is 16.7 Å². The molecular formula is C14H13N4Pt-. The minimum absolute atomic E-state index is 0. The van der Waals surface area contributed by atoms with E-state index in [2.05, 4.69) is 15.0 Å². The maximum absolute atomic E-state index is 4.49. The molecule has 3 rings (SSSR count). The van der Waals surface area contributed by atoms with Crippen LogP contribution in [0.3, 0.4) is 0 Å². The summed E-state index contributed by atoms with van der Waals surface area (Å²) < 4.78 is 0. The molecule has 0 atom stereocenters. The maximum Gasteiger partial charge on any atom is 0.0641 e. The largest absolute Gasteiger partial charge is 0.434 e. The summed E-state index contributed by atoms with van der Waals surface area (Å²) in [6, 6.07) is 11.8. The predicted octanol–water partition coefficient (Wildman–Crippen LogP) is 2.32. The fourth-order valence-corrected chi connectivity index (χ4v) is 1.84. The van der Waals surface area contributed by atoms with Crippen molar-refractivity contribution in [3.8, 4) is 11.5 Å². The first kappa shape index (κ1) is 13.8. The first-order valence-electron chi connectivity index (χ1n) is 5.77. The summed E-state index contributed by atoms with van der Waals surface area (Å²) in [6.45, 7) is 0. The Balaban J connectivity index is 0.00000133. The number of aromatic nitrogens is 3. The SMILES string of the molecule is CN(C)c1ccnc(-c2nc3ccccc3[n-]2)c1.[Pt]. The van der Waals surface area contributed by atoms with Gasteiger partial charge in [0, 0.05) is 47.0 Å². The van der Waals surface area contributed by atoms with Crippen molar-refractivity contribution in [2.45, 2.75) is 0 Å². The molecule has 0 N–H and O–H groups in total. The summed E-state index contributed by atoms with van der Waals surface area (Å²) in [4.78, 5) is 15.4. The van der Waals surface area contributed by atoms with Gasteiger partial charge in [-0.2, -0.15) is 0 Å². The van der Waals surface area contributed by atoms with Gasteiger partial charge in [-0.25, -0.2) is 0 Å². The molecule has 0 aliphatic heterocycles. The van der Waals surface area contributed by atoms with Crippen LogP contribution in [0.1, 0.15) is 0 Å². The van der Waals surface area contributed by atoms with E-state index in [-0.39, 0.29) is 21.1 Å². The third-order valence-corrected chi connectivity index (χ3v) is 2.82. The predicted molar refractivity (Wildman–Crippen MR) is 72.6 cm³/mol. The van der Waals surface area contributed by atoms with Crippen LogP contribution < -0.4 is 9.88 Å². The molecule has 0 radical (unpaired) electrons. The third kappa shape index (κ3) is 2.69.